The number of aryl methyl sites for hydroxylation is 1. The molecule has 1 aromatic heterocycles. The SMILES string of the molecule is Cc1cccc(-c2nc(CCNC(=O)COc3ccc(Cl)cc3)cs2)c1. The van der Waals surface area contributed by atoms with Crippen molar-refractivity contribution in [2.45, 2.75) is 13.3 Å². The molecule has 3 rings (SSSR count). The molecule has 4 nitrogen and oxygen atoms in total. The van der Waals surface area contributed by atoms with Crippen LogP contribution in [0.1, 0.15) is 11.3 Å². The Labute approximate surface area is 161 Å². The molecule has 0 aliphatic carbocycles. The molecular weight excluding hydrogens is 368 g/mol. The van der Waals surface area contributed by atoms with Gasteiger partial charge >= 0.3 is 0 Å². The summed E-state index contributed by atoms with van der Waals surface area (Å²) in [5, 5.41) is 6.52. The Balaban J connectivity index is 1.43. The molecule has 0 fully saturated rings. The number of halogens is 1. The highest BCUT2D eigenvalue weighted by Crippen LogP contribution is 2.24. The van der Waals surface area contributed by atoms with Crippen LogP contribution >= 0.6 is 22.9 Å². The molecule has 0 aliphatic heterocycles. The van der Waals surface area contributed by atoms with E-state index in [4.69, 9.17) is 16.3 Å². The normalized spacial score (nSPS) is 10.5. The molecular formula is C20H19ClN2O2S. The summed E-state index contributed by atoms with van der Waals surface area (Å²) in [4.78, 5) is 16.5. The number of nitrogens with zero attached hydrogens (tertiary/aromatic N) is 1. The van der Waals surface area contributed by atoms with E-state index in [1.165, 1.54) is 5.56 Å². The molecule has 26 heavy (non-hydrogen) atoms. The summed E-state index contributed by atoms with van der Waals surface area (Å²) in [5.41, 5.74) is 3.32. The molecule has 2 aromatic carbocycles. The number of nitrogens with one attached hydrogen (secondary N) is 1. The van der Waals surface area contributed by atoms with Crippen LogP contribution in [0.25, 0.3) is 10.6 Å². The van der Waals surface area contributed by atoms with Crippen molar-refractivity contribution in [1.29, 1.82) is 0 Å². The minimum absolute atomic E-state index is 0.0206. The van der Waals surface area contributed by atoms with E-state index in [1.54, 1.807) is 35.6 Å². The Kier molecular flexibility index (Phi) is 6.26. The van der Waals surface area contributed by atoms with E-state index in [0.717, 1.165) is 16.3 Å². The molecule has 0 atom stereocenters. The van der Waals surface area contributed by atoms with Gasteiger partial charge in [0.1, 0.15) is 10.8 Å². The Hall–Kier alpha value is -2.37. The third kappa shape index (κ3) is 5.31. The van der Waals surface area contributed by atoms with Crippen LogP contribution in [0.15, 0.2) is 53.9 Å². The van der Waals surface area contributed by atoms with Crippen molar-refractivity contribution < 1.29 is 9.53 Å². The number of thiazole rings is 1. The van der Waals surface area contributed by atoms with Crippen molar-refractivity contribution in [1.82, 2.24) is 10.3 Å². The highest BCUT2D eigenvalue weighted by Gasteiger charge is 2.07. The van der Waals surface area contributed by atoms with Gasteiger partial charge in [-0.05, 0) is 37.3 Å². The number of hydrogen-bond donors (Lipinski definition) is 1. The molecule has 0 saturated heterocycles. The Morgan fingerprint density at radius 3 is 2.81 bits per heavy atom. The lowest BCUT2D eigenvalue weighted by molar-refractivity contribution is -0.123. The number of amides is 1. The van der Waals surface area contributed by atoms with Crippen LogP contribution in [0, 0.1) is 6.92 Å². The highest BCUT2D eigenvalue weighted by molar-refractivity contribution is 7.13. The van der Waals surface area contributed by atoms with E-state index in [9.17, 15) is 4.79 Å². The third-order valence-electron chi connectivity index (χ3n) is 3.70. The molecule has 0 spiro atoms. The van der Waals surface area contributed by atoms with E-state index < -0.39 is 0 Å². The standard InChI is InChI=1S/C20H19ClN2O2S/c1-14-3-2-4-15(11-14)20-23-17(13-26-20)9-10-22-19(24)12-25-18-7-5-16(21)6-8-18/h2-8,11,13H,9-10,12H2,1H3,(H,22,24). The second-order valence-corrected chi connectivity index (χ2v) is 7.15. The van der Waals surface area contributed by atoms with Crippen LogP contribution in [-0.2, 0) is 11.2 Å². The van der Waals surface area contributed by atoms with E-state index in [0.29, 0.717) is 23.7 Å². The minimum atomic E-state index is -0.158. The van der Waals surface area contributed by atoms with Crippen LogP contribution in [0.5, 0.6) is 5.75 Å². The first kappa shape index (κ1) is 18.4. The van der Waals surface area contributed by atoms with Gasteiger partial charge in [-0.25, -0.2) is 4.98 Å². The predicted octanol–water partition coefficient (Wildman–Crippen LogP) is 4.51. The van der Waals surface area contributed by atoms with Crippen molar-refractivity contribution in [3.8, 4) is 16.3 Å². The predicted molar refractivity (Wildman–Crippen MR) is 106 cm³/mol. The second-order valence-electron chi connectivity index (χ2n) is 5.86. The maximum atomic E-state index is 11.9. The van der Waals surface area contributed by atoms with Crippen molar-refractivity contribution in [2.75, 3.05) is 13.2 Å². The first-order valence-electron chi connectivity index (χ1n) is 8.27. The first-order valence-corrected chi connectivity index (χ1v) is 9.52. The topological polar surface area (TPSA) is 51.2 Å². The lowest BCUT2D eigenvalue weighted by atomic mass is 10.1. The summed E-state index contributed by atoms with van der Waals surface area (Å²) in [6.07, 6.45) is 0.689. The summed E-state index contributed by atoms with van der Waals surface area (Å²) in [6, 6.07) is 15.2. The quantitative estimate of drug-likeness (QED) is 0.650. The summed E-state index contributed by atoms with van der Waals surface area (Å²) in [5.74, 6) is 0.459. The summed E-state index contributed by atoms with van der Waals surface area (Å²) in [6.45, 7) is 2.58. The van der Waals surface area contributed by atoms with Gasteiger partial charge in [-0.3, -0.25) is 4.79 Å². The number of ether oxygens (including phenoxy) is 1. The van der Waals surface area contributed by atoms with Gasteiger partial charge in [0.15, 0.2) is 6.61 Å². The fourth-order valence-electron chi connectivity index (χ4n) is 2.39. The number of hydrogen-bond acceptors (Lipinski definition) is 4. The number of benzene rings is 2. The van der Waals surface area contributed by atoms with E-state index in [-0.39, 0.29) is 12.5 Å². The van der Waals surface area contributed by atoms with E-state index >= 15 is 0 Å². The van der Waals surface area contributed by atoms with Gasteiger partial charge in [0.25, 0.3) is 5.91 Å². The van der Waals surface area contributed by atoms with Crippen molar-refractivity contribution in [2.24, 2.45) is 0 Å². The van der Waals surface area contributed by atoms with Gasteiger partial charge in [-0.15, -0.1) is 11.3 Å². The maximum absolute atomic E-state index is 11.9. The summed E-state index contributed by atoms with van der Waals surface area (Å²) < 4.78 is 5.41. The Morgan fingerprint density at radius 2 is 2.04 bits per heavy atom. The second kappa shape index (κ2) is 8.83. The largest absolute Gasteiger partial charge is 0.484 e. The van der Waals surface area contributed by atoms with Crippen molar-refractivity contribution >= 4 is 28.8 Å². The van der Waals surface area contributed by atoms with Gasteiger partial charge in [-0.1, -0.05) is 35.4 Å². The van der Waals surface area contributed by atoms with Crippen LogP contribution in [0.2, 0.25) is 5.02 Å². The van der Waals surface area contributed by atoms with Gasteiger partial charge in [0, 0.05) is 28.9 Å². The number of carbonyl (C=O) groups is 1. The van der Waals surface area contributed by atoms with Gasteiger partial charge in [-0.2, -0.15) is 0 Å². The molecule has 1 amide bonds. The summed E-state index contributed by atoms with van der Waals surface area (Å²) >= 11 is 7.43. The zero-order valence-electron chi connectivity index (χ0n) is 14.4. The molecule has 6 heteroatoms. The maximum Gasteiger partial charge on any atom is 0.257 e. The van der Waals surface area contributed by atoms with Crippen LogP contribution in [0.4, 0.5) is 0 Å². The van der Waals surface area contributed by atoms with Gasteiger partial charge in [0.2, 0.25) is 0 Å². The molecule has 134 valence electrons. The zero-order chi connectivity index (χ0) is 18.4. The molecule has 0 unspecified atom stereocenters. The molecule has 0 aliphatic rings. The number of rotatable bonds is 7. The third-order valence-corrected chi connectivity index (χ3v) is 4.90. The van der Waals surface area contributed by atoms with Crippen molar-refractivity contribution in [3.63, 3.8) is 0 Å². The van der Waals surface area contributed by atoms with Crippen LogP contribution in [-0.4, -0.2) is 24.0 Å². The average molecular weight is 387 g/mol. The molecule has 3 aromatic rings. The first-order chi connectivity index (χ1) is 12.6. The monoisotopic (exact) mass is 386 g/mol. The zero-order valence-corrected chi connectivity index (χ0v) is 15.9. The fourth-order valence-corrected chi connectivity index (χ4v) is 3.37. The van der Waals surface area contributed by atoms with Crippen molar-refractivity contribution in [3.05, 3.63) is 70.2 Å². The molecule has 0 radical (unpaired) electrons. The fraction of sp³-hybridized carbons (Fsp3) is 0.200. The lowest BCUT2D eigenvalue weighted by Crippen LogP contribution is -2.30. The van der Waals surface area contributed by atoms with Crippen LogP contribution in [0.3, 0.4) is 0 Å². The van der Waals surface area contributed by atoms with Gasteiger partial charge in [0.05, 0.1) is 5.69 Å². The Bertz CT molecular complexity index is 878. The summed E-state index contributed by atoms with van der Waals surface area (Å²) in [7, 11) is 0. The molecule has 1 N–H and O–H groups in total. The van der Waals surface area contributed by atoms with E-state index in [1.807, 2.05) is 11.4 Å². The lowest BCUT2D eigenvalue weighted by Gasteiger charge is -2.07. The minimum Gasteiger partial charge on any atom is -0.484 e. The number of aromatic nitrogens is 1. The molecule has 0 bridgehead atoms. The smallest absolute Gasteiger partial charge is 0.257 e. The average Bonchev–Trinajstić information content (AvgIpc) is 3.10. The molecule has 1 heterocycles. The Morgan fingerprint density at radius 1 is 1.23 bits per heavy atom. The highest BCUT2D eigenvalue weighted by atomic mass is 35.5. The number of carbonyl (C=O) groups excluding carboxylic acids is 1. The van der Waals surface area contributed by atoms with E-state index in [2.05, 4.69) is 35.4 Å². The molecule has 0 saturated carbocycles. The van der Waals surface area contributed by atoms with Crippen LogP contribution < -0.4 is 10.1 Å². The van der Waals surface area contributed by atoms with Gasteiger partial charge < -0.3 is 10.1 Å².